The van der Waals surface area contributed by atoms with Crippen molar-refractivity contribution in [1.82, 2.24) is 0 Å². The molecule has 46 valence electrons. The molecule has 3 nitrogen and oxygen atoms in total. The second kappa shape index (κ2) is 22.4. The zero-order valence-corrected chi connectivity index (χ0v) is 13.0. The Morgan fingerprint density at radius 1 is 1.38 bits per heavy atom. The van der Waals surface area contributed by atoms with Crippen molar-refractivity contribution in [1.29, 1.82) is 0 Å². The first-order valence-electron chi connectivity index (χ1n) is 0.651. The molecule has 0 rings (SSSR count). The van der Waals surface area contributed by atoms with Gasteiger partial charge in [0.15, 0.2) is 0 Å². The Labute approximate surface area is 152 Å². The largest absolute Gasteiger partial charge is 2.00 e. The number of carboxylic acid groups (broad SMARTS) is 2. The van der Waals surface area contributed by atoms with Crippen LogP contribution in [0.25, 0.3) is 0 Å². The number of carbonyl (C=O) groups is 1. The summed E-state index contributed by atoms with van der Waals surface area (Å²) in [5.74, 6) is 0. The van der Waals surface area contributed by atoms with E-state index in [4.69, 9.17) is 15.0 Å². The molecule has 0 spiro atoms. The normalized spacial score (nSPS) is 3.00. The summed E-state index contributed by atoms with van der Waals surface area (Å²) in [7, 11) is 0. The van der Waals surface area contributed by atoms with Crippen LogP contribution in [0.1, 0.15) is 4.28 Å². The Morgan fingerprint density at radius 3 is 1.38 bits per heavy atom. The number of halogens is 1. The molecule has 0 atom stereocenters. The zero-order valence-electron chi connectivity index (χ0n) is 7.27. The van der Waals surface area contributed by atoms with Crippen molar-refractivity contribution in [3.05, 3.63) is 0 Å². The smallest absolute Gasteiger partial charge is 1.00 e. The van der Waals surface area contributed by atoms with Gasteiger partial charge >= 0.3 is 95.3 Å². The fourth-order valence-electron chi connectivity index (χ4n) is 0. The van der Waals surface area contributed by atoms with Crippen LogP contribution in [-0.4, -0.2) is 54.1 Å². The molecule has 0 heterocycles. The summed E-state index contributed by atoms with van der Waals surface area (Å²) in [5, 5.41) is 13.9. The van der Waals surface area contributed by atoms with E-state index in [0.29, 0.717) is 0 Å². The first kappa shape index (κ1) is 30.1. The van der Waals surface area contributed by atoms with Crippen LogP contribution in [0, 0.1) is 0 Å². The van der Waals surface area contributed by atoms with Crippen LogP contribution in [-0.2, 0) is 17.1 Å². The van der Waals surface area contributed by atoms with Crippen molar-refractivity contribution in [2.75, 3.05) is 0 Å². The molecule has 0 aliphatic rings. The molecule has 0 saturated heterocycles. The molecule has 8 heavy (non-hydrogen) atoms. The van der Waals surface area contributed by atoms with Crippen molar-refractivity contribution >= 4 is 67.9 Å². The third-order valence-corrected chi connectivity index (χ3v) is 0. The van der Waals surface area contributed by atoms with Gasteiger partial charge in [0.25, 0.3) is 0 Å². The van der Waals surface area contributed by atoms with Crippen LogP contribution >= 0.6 is 24.0 Å². The quantitative estimate of drug-likeness (QED) is 0.392. The van der Waals surface area contributed by atoms with E-state index in [1.165, 1.54) is 0 Å². The first-order chi connectivity index (χ1) is 1.73. The van der Waals surface area contributed by atoms with Crippen LogP contribution in [0.4, 0.5) is 4.79 Å². The third-order valence-electron chi connectivity index (χ3n) is 0. The van der Waals surface area contributed by atoms with Gasteiger partial charge in [0.05, 0.1) is 0 Å². The van der Waals surface area contributed by atoms with Gasteiger partial charge in [-0.2, -0.15) is 0 Å². The number of hydrogen-bond acceptors (Lipinski definition) is 1. The maximum absolute atomic E-state index is 8.56. The van der Waals surface area contributed by atoms with Crippen LogP contribution in [0.2, 0.25) is 0 Å². The van der Waals surface area contributed by atoms with E-state index in [-0.39, 0.29) is 134 Å². The van der Waals surface area contributed by atoms with Crippen molar-refractivity contribution in [3.63, 3.8) is 0 Å². The fourth-order valence-corrected chi connectivity index (χ4v) is 0. The maximum atomic E-state index is 8.56. The molecule has 0 fully saturated rings. The van der Waals surface area contributed by atoms with Gasteiger partial charge in [-0.3, -0.25) is 0 Å². The molecule has 2 N–H and O–H groups in total. The average molecular weight is 328 g/mol. The van der Waals surface area contributed by atoms with E-state index in [0.717, 1.165) is 0 Å². The Hall–Kier alpha value is 3.42. The molecular weight excluding hydrogens is 322 g/mol. The summed E-state index contributed by atoms with van der Waals surface area (Å²) < 4.78 is 0. The Bertz CT molecular complexity index is 51.6. The van der Waals surface area contributed by atoms with Crippen molar-refractivity contribution in [3.8, 4) is 0 Å². The molecule has 0 radical (unpaired) electrons. The van der Waals surface area contributed by atoms with Crippen LogP contribution in [0.15, 0.2) is 0 Å². The SMILES string of the molecule is I.O=C(O)O.[Ca+2].[Fe].[H-].[H-].[H-].[K+]. The number of rotatable bonds is 0. The molecule has 7 heteroatoms. The molecule has 0 aromatic carbocycles. The minimum Gasteiger partial charge on any atom is -1.00 e. The van der Waals surface area contributed by atoms with E-state index < -0.39 is 6.16 Å². The summed E-state index contributed by atoms with van der Waals surface area (Å²) in [6, 6.07) is 0. The van der Waals surface area contributed by atoms with E-state index >= 15 is 0 Å². The predicted octanol–water partition coefficient (Wildman–Crippen LogP) is -2.20. The predicted molar refractivity (Wildman–Crippen MR) is 35.2 cm³/mol. The van der Waals surface area contributed by atoms with Gasteiger partial charge in [-0.05, 0) is 0 Å². The minimum atomic E-state index is -1.83. The maximum Gasteiger partial charge on any atom is 2.00 e. The molecule has 0 aliphatic carbocycles. The van der Waals surface area contributed by atoms with Crippen LogP contribution in [0.3, 0.4) is 0 Å². The topological polar surface area (TPSA) is 57.5 Å². The van der Waals surface area contributed by atoms with E-state index in [9.17, 15) is 0 Å². The molecular formula is CH6CaFeIKO3. The molecule has 0 aromatic rings. The third kappa shape index (κ3) is 57.2. The van der Waals surface area contributed by atoms with Gasteiger partial charge in [0.2, 0.25) is 0 Å². The monoisotopic (exact) mass is 328 g/mol. The summed E-state index contributed by atoms with van der Waals surface area (Å²) in [6.07, 6.45) is -1.83. The Kier molecular flexibility index (Phi) is 84.4. The van der Waals surface area contributed by atoms with Gasteiger partial charge in [0.1, 0.15) is 0 Å². The van der Waals surface area contributed by atoms with E-state index in [1.807, 2.05) is 0 Å². The molecule has 0 unspecified atom stereocenters. The van der Waals surface area contributed by atoms with E-state index in [2.05, 4.69) is 0 Å². The van der Waals surface area contributed by atoms with Crippen molar-refractivity contribution in [2.45, 2.75) is 0 Å². The fraction of sp³-hybridized carbons (Fsp3) is 0. The molecule has 0 aliphatic heterocycles. The zero-order chi connectivity index (χ0) is 3.58. The Morgan fingerprint density at radius 2 is 1.38 bits per heavy atom. The van der Waals surface area contributed by atoms with Gasteiger partial charge in [-0.25, -0.2) is 4.79 Å². The average Bonchev–Trinajstić information content (AvgIpc) is 0.811. The van der Waals surface area contributed by atoms with Gasteiger partial charge in [0, 0.05) is 17.1 Å². The van der Waals surface area contributed by atoms with E-state index in [1.54, 1.807) is 0 Å². The first-order valence-corrected chi connectivity index (χ1v) is 0.651. The molecule has 0 amide bonds. The van der Waals surface area contributed by atoms with Crippen molar-refractivity contribution in [2.24, 2.45) is 0 Å². The summed E-state index contributed by atoms with van der Waals surface area (Å²) in [4.78, 5) is 8.56. The van der Waals surface area contributed by atoms with Crippen LogP contribution < -0.4 is 51.4 Å². The van der Waals surface area contributed by atoms with Crippen molar-refractivity contribution < 1.29 is 87.7 Å². The standard InChI is InChI=1S/CH2O3.Ca.Fe.HI.K.3H/c2-1(3)4;;;;;;;/h(H2,2,3,4);;;1H;;;;/q;+2;;;+1;3*-1. The molecule has 0 aromatic heterocycles. The summed E-state index contributed by atoms with van der Waals surface area (Å²) >= 11 is 0. The Balaban J connectivity index is -0.00000000214. The van der Waals surface area contributed by atoms with Gasteiger partial charge < -0.3 is 14.5 Å². The summed E-state index contributed by atoms with van der Waals surface area (Å²) in [6.45, 7) is 0. The van der Waals surface area contributed by atoms with Gasteiger partial charge in [-0.1, -0.05) is 0 Å². The second-order valence-corrected chi connectivity index (χ2v) is 0.283. The second-order valence-electron chi connectivity index (χ2n) is 0.283. The van der Waals surface area contributed by atoms with Gasteiger partial charge in [-0.15, -0.1) is 24.0 Å². The van der Waals surface area contributed by atoms with Crippen LogP contribution in [0.5, 0.6) is 0 Å². The molecule has 0 saturated carbocycles. The minimum absolute atomic E-state index is 0. The molecule has 0 bridgehead atoms. The number of hydrogen-bond donors (Lipinski definition) is 2. The summed E-state index contributed by atoms with van der Waals surface area (Å²) in [5.41, 5.74) is 0.